The molecule has 5 nitrogen and oxygen atoms in total. The Morgan fingerprint density at radius 2 is 2.11 bits per heavy atom. The first-order valence-corrected chi connectivity index (χ1v) is 5.81. The molecule has 0 fully saturated rings. The number of rotatable bonds is 4. The number of anilines is 1. The van der Waals surface area contributed by atoms with Crippen LogP contribution in [-0.2, 0) is 0 Å². The van der Waals surface area contributed by atoms with Gasteiger partial charge in [-0.15, -0.1) is 0 Å². The van der Waals surface area contributed by atoms with Gasteiger partial charge in [-0.05, 0) is 38.5 Å². The van der Waals surface area contributed by atoms with Crippen LogP contribution in [0.5, 0.6) is 5.75 Å². The van der Waals surface area contributed by atoms with Crippen LogP contribution < -0.4 is 10.1 Å². The second-order valence-corrected chi connectivity index (χ2v) is 4.25. The Bertz CT molecular complexity index is 537. The van der Waals surface area contributed by atoms with Crippen LogP contribution >= 0.6 is 0 Å². The molecule has 96 valence electrons. The molecule has 1 N–H and O–H groups in total. The van der Waals surface area contributed by atoms with E-state index in [4.69, 9.17) is 9.26 Å². The summed E-state index contributed by atoms with van der Waals surface area (Å²) in [5, 5.41) is 7.09. The summed E-state index contributed by atoms with van der Waals surface area (Å²) in [5.74, 6) is 2.00. The van der Waals surface area contributed by atoms with Crippen molar-refractivity contribution in [3.8, 4) is 5.75 Å². The predicted molar refractivity (Wildman–Crippen MR) is 68.8 cm³/mol. The van der Waals surface area contributed by atoms with E-state index in [0.29, 0.717) is 11.7 Å². The maximum Gasteiger partial charge on any atom is 0.248 e. The summed E-state index contributed by atoms with van der Waals surface area (Å²) in [7, 11) is 1.65. The molecule has 18 heavy (non-hydrogen) atoms. The first-order chi connectivity index (χ1) is 8.60. The molecule has 2 aromatic rings. The molecular formula is C13H17N3O2. The number of methoxy groups -OCH3 is 1. The fourth-order valence-electron chi connectivity index (χ4n) is 1.72. The Morgan fingerprint density at radius 3 is 2.72 bits per heavy atom. The number of nitrogens with one attached hydrogen (secondary N) is 1. The molecule has 0 radical (unpaired) electrons. The third-order valence-electron chi connectivity index (χ3n) is 2.64. The number of ether oxygens (including phenoxy) is 1. The quantitative estimate of drug-likeness (QED) is 0.900. The first-order valence-electron chi connectivity index (χ1n) is 5.81. The highest BCUT2D eigenvalue weighted by Crippen LogP contribution is 2.28. The van der Waals surface area contributed by atoms with Crippen molar-refractivity contribution in [3.05, 3.63) is 35.5 Å². The lowest BCUT2D eigenvalue weighted by Gasteiger charge is -2.15. The van der Waals surface area contributed by atoms with Crippen molar-refractivity contribution in [2.75, 3.05) is 12.4 Å². The summed E-state index contributed by atoms with van der Waals surface area (Å²) < 4.78 is 10.5. The van der Waals surface area contributed by atoms with Crippen LogP contribution in [0.25, 0.3) is 0 Å². The van der Waals surface area contributed by atoms with E-state index in [1.165, 1.54) is 0 Å². The van der Waals surface area contributed by atoms with E-state index in [2.05, 4.69) is 15.5 Å². The molecular weight excluding hydrogens is 230 g/mol. The van der Waals surface area contributed by atoms with Crippen molar-refractivity contribution < 1.29 is 9.26 Å². The van der Waals surface area contributed by atoms with Gasteiger partial charge in [-0.2, -0.15) is 4.98 Å². The van der Waals surface area contributed by atoms with Gasteiger partial charge < -0.3 is 14.6 Å². The van der Waals surface area contributed by atoms with Gasteiger partial charge in [0.1, 0.15) is 11.8 Å². The van der Waals surface area contributed by atoms with Crippen LogP contribution in [0.15, 0.2) is 22.7 Å². The lowest BCUT2D eigenvalue weighted by Crippen LogP contribution is -2.08. The SMILES string of the molecule is COc1ccc(C)cc1N[C@@H](C)c1nc(C)no1. The zero-order valence-corrected chi connectivity index (χ0v) is 11.0. The molecule has 0 aliphatic heterocycles. The van der Waals surface area contributed by atoms with Crippen molar-refractivity contribution in [2.24, 2.45) is 0 Å². The van der Waals surface area contributed by atoms with E-state index < -0.39 is 0 Å². The molecule has 1 aromatic heterocycles. The van der Waals surface area contributed by atoms with E-state index >= 15 is 0 Å². The number of nitrogens with zero attached hydrogens (tertiary/aromatic N) is 2. The summed E-state index contributed by atoms with van der Waals surface area (Å²) in [4.78, 5) is 4.20. The molecule has 0 saturated carbocycles. The second kappa shape index (κ2) is 5.08. The van der Waals surface area contributed by atoms with Crippen molar-refractivity contribution in [1.29, 1.82) is 0 Å². The van der Waals surface area contributed by atoms with Crippen LogP contribution in [0.2, 0.25) is 0 Å². The van der Waals surface area contributed by atoms with E-state index in [9.17, 15) is 0 Å². The van der Waals surface area contributed by atoms with Gasteiger partial charge in [0, 0.05) is 0 Å². The molecule has 5 heteroatoms. The molecule has 0 bridgehead atoms. The molecule has 2 rings (SSSR count). The number of aromatic nitrogens is 2. The average molecular weight is 247 g/mol. The van der Waals surface area contributed by atoms with Crippen LogP contribution in [0.4, 0.5) is 5.69 Å². The van der Waals surface area contributed by atoms with Crippen molar-refractivity contribution in [2.45, 2.75) is 26.8 Å². The van der Waals surface area contributed by atoms with Gasteiger partial charge in [-0.1, -0.05) is 11.2 Å². The molecule has 0 aliphatic rings. The fourth-order valence-corrected chi connectivity index (χ4v) is 1.72. The normalized spacial score (nSPS) is 12.2. The minimum absolute atomic E-state index is 0.0677. The van der Waals surface area contributed by atoms with Gasteiger partial charge in [0.25, 0.3) is 0 Å². The topological polar surface area (TPSA) is 60.2 Å². The second-order valence-electron chi connectivity index (χ2n) is 4.25. The predicted octanol–water partition coefficient (Wildman–Crippen LogP) is 2.87. The summed E-state index contributed by atoms with van der Waals surface area (Å²) in [5.41, 5.74) is 2.08. The van der Waals surface area contributed by atoms with Crippen LogP contribution in [0, 0.1) is 13.8 Å². The highest BCUT2D eigenvalue weighted by Gasteiger charge is 2.14. The monoisotopic (exact) mass is 247 g/mol. The first kappa shape index (κ1) is 12.4. The number of benzene rings is 1. The van der Waals surface area contributed by atoms with Gasteiger partial charge in [-0.25, -0.2) is 0 Å². The number of hydrogen-bond donors (Lipinski definition) is 1. The van der Waals surface area contributed by atoms with Crippen LogP contribution in [0.1, 0.15) is 30.2 Å². The molecule has 1 aromatic carbocycles. The zero-order chi connectivity index (χ0) is 13.1. The molecule has 0 unspecified atom stereocenters. The molecule has 0 aliphatic carbocycles. The van der Waals surface area contributed by atoms with E-state index in [1.807, 2.05) is 32.0 Å². The molecule has 0 saturated heterocycles. The Morgan fingerprint density at radius 1 is 1.33 bits per heavy atom. The van der Waals surface area contributed by atoms with E-state index in [-0.39, 0.29) is 6.04 Å². The van der Waals surface area contributed by atoms with Crippen LogP contribution in [0.3, 0.4) is 0 Å². The summed E-state index contributed by atoms with van der Waals surface area (Å²) >= 11 is 0. The van der Waals surface area contributed by atoms with Crippen molar-refractivity contribution in [3.63, 3.8) is 0 Å². The van der Waals surface area contributed by atoms with Gasteiger partial charge in [0.15, 0.2) is 5.82 Å². The Hall–Kier alpha value is -2.04. The third-order valence-corrected chi connectivity index (χ3v) is 2.64. The zero-order valence-electron chi connectivity index (χ0n) is 11.0. The summed E-state index contributed by atoms with van der Waals surface area (Å²) in [6, 6.07) is 5.90. The molecule has 1 atom stereocenters. The van der Waals surface area contributed by atoms with Gasteiger partial charge in [-0.3, -0.25) is 0 Å². The minimum atomic E-state index is -0.0677. The van der Waals surface area contributed by atoms with E-state index in [1.54, 1.807) is 14.0 Å². The number of aryl methyl sites for hydroxylation is 2. The Kier molecular flexibility index (Phi) is 3.50. The van der Waals surface area contributed by atoms with Crippen LogP contribution in [-0.4, -0.2) is 17.3 Å². The molecule has 1 heterocycles. The summed E-state index contributed by atoms with van der Waals surface area (Å²) in [6.45, 7) is 5.80. The van der Waals surface area contributed by atoms with E-state index in [0.717, 1.165) is 17.0 Å². The minimum Gasteiger partial charge on any atom is -0.495 e. The highest BCUT2D eigenvalue weighted by atomic mass is 16.5. The van der Waals surface area contributed by atoms with Gasteiger partial charge >= 0.3 is 0 Å². The Labute approximate surface area is 106 Å². The van der Waals surface area contributed by atoms with Gasteiger partial charge in [0.05, 0.1) is 12.8 Å². The smallest absolute Gasteiger partial charge is 0.248 e. The highest BCUT2D eigenvalue weighted by molar-refractivity contribution is 5.58. The maximum atomic E-state index is 5.31. The Balaban J connectivity index is 2.20. The van der Waals surface area contributed by atoms with Crippen molar-refractivity contribution in [1.82, 2.24) is 10.1 Å². The lowest BCUT2D eigenvalue weighted by molar-refractivity contribution is 0.363. The van der Waals surface area contributed by atoms with Gasteiger partial charge in [0.2, 0.25) is 5.89 Å². The van der Waals surface area contributed by atoms with Crippen molar-refractivity contribution >= 4 is 5.69 Å². The fraction of sp³-hybridized carbons (Fsp3) is 0.385. The average Bonchev–Trinajstić information content (AvgIpc) is 2.76. The largest absolute Gasteiger partial charge is 0.495 e. The lowest BCUT2D eigenvalue weighted by atomic mass is 10.2. The third kappa shape index (κ3) is 2.61. The maximum absolute atomic E-state index is 5.31. The standard InChI is InChI=1S/C13H17N3O2/c1-8-5-6-12(17-4)11(7-8)14-9(2)13-15-10(3)16-18-13/h5-7,9,14H,1-4H3/t9-/m0/s1. The molecule has 0 spiro atoms. The number of hydrogen-bond acceptors (Lipinski definition) is 5. The molecule has 0 amide bonds. The summed E-state index contributed by atoms with van der Waals surface area (Å²) in [6.07, 6.45) is 0.